The zero-order chi connectivity index (χ0) is 13.8. The lowest BCUT2D eigenvalue weighted by Gasteiger charge is -2.07. The van der Waals surface area contributed by atoms with E-state index in [1.54, 1.807) is 37.3 Å². The SMILES string of the molecule is CCC(=O)Nc1ccc(Cl)c(-c2ccc(CO)o2)c1. The number of furan rings is 1. The second-order valence-electron chi connectivity index (χ2n) is 4.02. The molecular weight excluding hydrogens is 266 g/mol. The molecule has 2 aromatic rings. The van der Waals surface area contributed by atoms with Gasteiger partial charge < -0.3 is 14.8 Å². The molecule has 0 saturated carbocycles. The predicted octanol–water partition coefficient (Wildman–Crippen LogP) is 3.44. The van der Waals surface area contributed by atoms with Crippen LogP contribution in [0.3, 0.4) is 0 Å². The largest absolute Gasteiger partial charge is 0.459 e. The molecule has 1 heterocycles. The average Bonchev–Trinajstić information content (AvgIpc) is 2.89. The van der Waals surface area contributed by atoms with Gasteiger partial charge in [-0.05, 0) is 30.3 Å². The van der Waals surface area contributed by atoms with Gasteiger partial charge in [0.05, 0.1) is 5.02 Å². The Hall–Kier alpha value is -1.78. The fourth-order valence-electron chi connectivity index (χ4n) is 1.65. The van der Waals surface area contributed by atoms with E-state index in [-0.39, 0.29) is 12.5 Å². The van der Waals surface area contributed by atoms with Crippen molar-refractivity contribution in [1.29, 1.82) is 0 Å². The fraction of sp³-hybridized carbons (Fsp3) is 0.214. The highest BCUT2D eigenvalue weighted by molar-refractivity contribution is 6.33. The Morgan fingerprint density at radius 3 is 2.79 bits per heavy atom. The molecule has 2 N–H and O–H groups in total. The summed E-state index contributed by atoms with van der Waals surface area (Å²) in [5, 5.41) is 12.3. The minimum Gasteiger partial charge on any atom is -0.459 e. The molecule has 1 aromatic heterocycles. The smallest absolute Gasteiger partial charge is 0.224 e. The second kappa shape index (κ2) is 5.91. The number of halogens is 1. The van der Waals surface area contributed by atoms with Gasteiger partial charge in [0, 0.05) is 17.7 Å². The summed E-state index contributed by atoms with van der Waals surface area (Å²) >= 11 is 6.12. The third-order valence-electron chi connectivity index (χ3n) is 2.65. The van der Waals surface area contributed by atoms with E-state index in [2.05, 4.69) is 5.32 Å². The predicted molar refractivity (Wildman–Crippen MR) is 74.0 cm³/mol. The molecule has 0 unspecified atom stereocenters. The van der Waals surface area contributed by atoms with Crippen molar-refractivity contribution in [3.05, 3.63) is 41.1 Å². The Bertz CT molecular complexity index is 592. The van der Waals surface area contributed by atoms with Crippen molar-refractivity contribution < 1.29 is 14.3 Å². The van der Waals surface area contributed by atoms with E-state index in [4.69, 9.17) is 21.1 Å². The molecule has 100 valence electrons. The summed E-state index contributed by atoms with van der Waals surface area (Å²) in [5.74, 6) is 0.958. The van der Waals surface area contributed by atoms with Crippen molar-refractivity contribution in [3.63, 3.8) is 0 Å². The minimum absolute atomic E-state index is 0.0660. The van der Waals surface area contributed by atoms with Gasteiger partial charge in [-0.25, -0.2) is 0 Å². The number of carbonyl (C=O) groups excluding carboxylic acids is 1. The van der Waals surface area contributed by atoms with Gasteiger partial charge in [-0.1, -0.05) is 18.5 Å². The van der Waals surface area contributed by atoms with E-state index in [1.807, 2.05) is 0 Å². The van der Waals surface area contributed by atoms with Crippen LogP contribution in [0.15, 0.2) is 34.7 Å². The average molecular weight is 280 g/mol. The summed E-state index contributed by atoms with van der Waals surface area (Å²) in [6.07, 6.45) is 0.410. The molecule has 0 saturated heterocycles. The van der Waals surface area contributed by atoms with Crippen molar-refractivity contribution in [3.8, 4) is 11.3 Å². The standard InChI is InChI=1S/C14H14ClNO3/c1-2-14(18)16-9-3-5-12(15)11(7-9)13-6-4-10(8-17)19-13/h3-7,17H,2,8H2,1H3,(H,16,18). The van der Waals surface area contributed by atoms with Gasteiger partial charge in [0.15, 0.2) is 0 Å². The number of hydrogen-bond acceptors (Lipinski definition) is 3. The number of benzene rings is 1. The lowest BCUT2D eigenvalue weighted by atomic mass is 10.1. The van der Waals surface area contributed by atoms with E-state index in [0.717, 1.165) is 0 Å². The fourth-order valence-corrected chi connectivity index (χ4v) is 1.86. The van der Waals surface area contributed by atoms with Crippen LogP contribution >= 0.6 is 11.6 Å². The lowest BCUT2D eigenvalue weighted by Crippen LogP contribution is -2.09. The number of hydrogen-bond donors (Lipinski definition) is 2. The molecule has 0 spiro atoms. The Morgan fingerprint density at radius 2 is 2.16 bits per heavy atom. The van der Waals surface area contributed by atoms with Crippen LogP contribution in [0, 0.1) is 0 Å². The maximum atomic E-state index is 11.4. The Kier molecular flexibility index (Phi) is 4.24. The Morgan fingerprint density at radius 1 is 1.37 bits per heavy atom. The number of carbonyl (C=O) groups is 1. The molecule has 0 bridgehead atoms. The van der Waals surface area contributed by atoms with Crippen LogP contribution in [-0.4, -0.2) is 11.0 Å². The van der Waals surface area contributed by atoms with E-state index in [1.165, 1.54) is 0 Å². The molecule has 1 amide bonds. The van der Waals surface area contributed by atoms with Gasteiger partial charge in [0.1, 0.15) is 18.1 Å². The normalized spacial score (nSPS) is 10.5. The van der Waals surface area contributed by atoms with Crippen molar-refractivity contribution in [2.24, 2.45) is 0 Å². The van der Waals surface area contributed by atoms with Crippen LogP contribution in [0.2, 0.25) is 5.02 Å². The first-order valence-corrected chi connectivity index (χ1v) is 6.31. The zero-order valence-corrected chi connectivity index (χ0v) is 11.2. The van der Waals surface area contributed by atoms with Crippen molar-refractivity contribution in [2.45, 2.75) is 20.0 Å². The summed E-state index contributed by atoms with van der Waals surface area (Å²) in [7, 11) is 0. The van der Waals surface area contributed by atoms with Crippen molar-refractivity contribution >= 4 is 23.2 Å². The quantitative estimate of drug-likeness (QED) is 0.901. The lowest BCUT2D eigenvalue weighted by molar-refractivity contribution is -0.115. The molecule has 0 aliphatic rings. The van der Waals surface area contributed by atoms with Gasteiger partial charge in [-0.2, -0.15) is 0 Å². The monoisotopic (exact) mass is 279 g/mol. The number of rotatable bonds is 4. The molecule has 0 aliphatic heterocycles. The van der Waals surface area contributed by atoms with E-state index in [9.17, 15) is 4.79 Å². The molecule has 0 atom stereocenters. The van der Waals surface area contributed by atoms with Crippen LogP contribution in [0.25, 0.3) is 11.3 Å². The number of aliphatic hydroxyl groups excluding tert-OH is 1. The number of nitrogens with one attached hydrogen (secondary N) is 1. The van der Waals surface area contributed by atoms with Crippen LogP contribution in [0.4, 0.5) is 5.69 Å². The van der Waals surface area contributed by atoms with E-state index in [0.29, 0.717) is 34.2 Å². The minimum atomic E-state index is -0.163. The first kappa shape index (κ1) is 13.6. The maximum absolute atomic E-state index is 11.4. The molecule has 2 rings (SSSR count). The van der Waals surface area contributed by atoms with Crippen LogP contribution in [-0.2, 0) is 11.4 Å². The van der Waals surface area contributed by atoms with Gasteiger partial charge >= 0.3 is 0 Å². The molecule has 0 aliphatic carbocycles. The van der Waals surface area contributed by atoms with Gasteiger partial charge in [0.25, 0.3) is 0 Å². The highest BCUT2D eigenvalue weighted by Crippen LogP contribution is 2.32. The third-order valence-corrected chi connectivity index (χ3v) is 2.98. The first-order valence-electron chi connectivity index (χ1n) is 5.93. The Balaban J connectivity index is 2.33. The van der Waals surface area contributed by atoms with Crippen LogP contribution in [0.5, 0.6) is 0 Å². The number of anilines is 1. The first-order chi connectivity index (χ1) is 9.13. The molecule has 0 fully saturated rings. The van der Waals surface area contributed by atoms with E-state index >= 15 is 0 Å². The maximum Gasteiger partial charge on any atom is 0.224 e. The summed E-state index contributed by atoms with van der Waals surface area (Å²) in [5.41, 5.74) is 1.34. The highest BCUT2D eigenvalue weighted by atomic mass is 35.5. The summed E-state index contributed by atoms with van der Waals surface area (Å²) in [4.78, 5) is 11.4. The zero-order valence-electron chi connectivity index (χ0n) is 10.4. The summed E-state index contributed by atoms with van der Waals surface area (Å²) in [6, 6.07) is 8.59. The topological polar surface area (TPSA) is 62.5 Å². The number of aliphatic hydroxyl groups is 1. The highest BCUT2D eigenvalue weighted by Gasteiger charge is 2.10. The van der Waals surface area contributed by atoms with Crippen LogP contribution < -0.4 is 5.32 Å². The van der Waals surface area contributed by atoms with Crippen LogP contribution in [0.1, 0.15) is 19.1 Å². The number of amides is 1. The van der Waals surface area contributed by atoms with Gasteiger partial charge in [-0.3, -0.25) is 4.79 Å². The summed E-state index contributed by atoms with van der Waals surface area (Å²) in [6.45, 7) is 1.62. The molecule has 0 radical (unpaired) electrons. The van der Waals surface area contributed by atoms with E-state index < -0.39 is 0 Å². The molecule has 1 aromatic carbocycles. The second-order valence-corrected chi connectivity index (χ2v) is 4.43. The van der Waals surface area contributed by atoms with Crippen molar-refractivity contribution in [1.82, 2.24) is 0 Å². The summed E-state index contributed by atoms with van der Waals surface area (Å²) < 4.78 is 5.44. The third kappa shape index (κ3) is 3.16. The molecule has 4 nitrogen and oxygen atoms in total. The molecular formula is C14H14ClNO3. The Labute approximate surface area is 116 Å². The molecule has 19 heavy (non-hydrogen) atoms. The van der Waals surface area contributed by atoms with Crippen molar-refractivity contribution in [2.75, 3.05) is 5.32 Å². The van der Waals surface area contributed by atoms with Gasteiger partial charge in [-0.15, -0.1) is 0 Å². The van der Waals surface area contributed by atoms with Gasteiger partial charge in [0.2, 0.25) is 5.91 Å². The molecule has 5 heteroatoms.